The van der Waals surface area contributed by atoms with Gasteiger partial charge in [-0.3, -0.25) is 14.2 Å². The Balaban J connectivity index is 1.78. The Morgan fingerprint density at radius 2 is 1.78 bits per heavy atom. The third-order valence-electron chi connectivity index (χ3n) is 5.01. The predicted molar refractivity (Wildman–Crippen MR) is 127 cm³/mol. The fraction of sp³-hybridized carbons (Fsp3) is 0.125. The Hall–Kier alpha value is -3.16. The van der Waals surface area contributed by atoms with Crippen LogP contribution in [0.15, 0.2) is 82.7 Å². The predicted octanol–water partition coefficient (Wildman–Crippen LogP) is 5.32. The molecule has 0 aliphatic rings. The van der Waals surface area contributed by atoms with Crippen LogP contribution in [-0.4, -0.2) is 27.8 Å². The van der Waals surface area contributed by atoms with E-state index < -0.39 is 11.1 Å². The topological polar surface area (TPSA) is 55.2 Å². The number of rotatable bonds is 5. The molecule has 0 radical (unpaired) electrons. The molecule has 1 atom stereocenters. The molecule has 5 nitrogen and oxygen atoms in total. The van der Waals surface area contributed by atoms with Gasteiger partial charge in [-0.05, 0) is 49.4 Å². The summed E-state index contributed by atoms with van der Waals surface area (Å²) in [6.45, 7) is 1.76. The van der Waals surface area contributed by atoms with Gasteiger partial charge in [0.25, 0.3) is 5.56 Å². The first-order chi connectivity index (χ1) is 15.4. The van der Waals surface area contributed by atoms with Gasteiger partial charge in [0, 0.05) is 12.7 Å². The lowest BCUT2D eigenvalue weighted by molar-refractivity contribution is -0.117. The van der Waals surface area contributed by atoms with Crippen LogP contribution >= 0.6 is 23.4 Å². The molecule has 0 bridgehead atoms. The molecule has 0 aliphatic carbocycles. The fourth-order valence-corrected chi connectivity index (χ4v) is 4.50. The number of hydrogen-bond acceptors (Lipinski definition) is 4. The number of aromatic nitrogens is 2. The van der Waals surface area contributed by atoms with E-state index in [1.807, 2.05) is 30.3 Å². The van der Waals surface area contributed by atoms with Crippen molar-refractivity contribution in [3.8, 4) is 5.69 Å². The van der Waals surface area contributed by atoms with Crippen LogP contribution < -0.4 is 10.5 Å². The monoisotopic (exact) mass is 467 g/mol. The van der Waals surface area contributed by atoms with E-state index in [1.165, 1.54) is 22.8 Å². The number of para-hydroxylation sites is 2. The van der Waals surface area contributed by atoms with Crippen LogP contribution in [0.1, 0.15) is 6.92 Å². The maximum Gasteiger partial charge on any atom is 0.266 e. The van der Waals surface area contributed by atoms with E-state index in [4.69, 9.17) is 11.6 Å². The van der Waals surface area contributed by atoms with Crippen LogP contribution in [0.4, 0.5) is 10.1 Å². The first kappa shape index (κ1) is 22.0. The van der Waals surface area contributed by atoms with Gasteiger partial charge in [0.1, 0.15) is 5.82 Å². The molecule has 4 rings (SSSR count). The third-order valence-corrected chi connectivity index (χ3v) is 6.34. The molecule has 8 heteroatoms. The average molecular weight is 468 g/mol. The number of benzene rings is 3. The summed E-state index contributed by atoms with van der Waals surface area (Å²) in [5, 5.41) is 0.0817. The van der Waals surface area contributed by atoms with Gasteiger partial charge < -0.3 is 4.90 Å². The van der Waals surface area contributed by atoms with E-state index in [9.17, 15) is 14.0 Å². The molecule has 162 valence electrons. The maximum absolute atomic E-state index is 13.7. The summed E-state index contributed by atoms with van der Waals surface area (Å²) in [7, 11) is 1.70. The minimum absolute atomic E-state index is 0.105. The van der Waals surface area contributed by atoms with E-state index in [0.29, 0.717) is 21.7 Å². The van der Waals surface area contributed by atoms with Gasteiger partial charge >= 0.3 is 0 Å². The van der Waals surface area contributed by atoms with Crippen LogP contribution in [0.2, 0.25) is 5.02 Å². The van der Waals surface area contributed by atoms with E-state index in [1.54, 1.807) is 43.1 Å². The summed E-state index contributed by atoms with van der Waals surface area (Å²) in [6.07, 6.45) is 0. The molecular weight excluding hydrogens is 449 g/mol. The molecule has 1 aromatic heterocycles. The Morgan fingerprint density at radius 3 is 2.50 bits per heavy atom. The lowest BCUT2D eigenvalue weighted by Gasteiger charge is -2.22. The normalized spacial score (nSPS) is 12.0. The van der Waals surface area contributed by atoms with Crippen molar-refractivity contribution in [2.45, 2.75) is 17.3 Å². The summed E-state index contributed by atoms with van der Waals surface area (Å²) in [5.74, 6) is -0.730. The molecule has 1 heterocycles. The first-order valence-electron chi connectivity index (χ1n) is 9.83. The zero-order valence-corrected chi connectivity index (χ0v) is 18.9. The van der Waals surface area contributed by atoms with E-state index in [0.717, 1.165) is 17.4 Å². The largest absolute Gasteiger partial charge is 0.315 e. The second-order valence-electron chi connectivity index (χ2n) is 7.14. The quantitative estimate of drug-likeness (QED) is 0.294. The summed E-state index contributed by atoms with van der Waals surface area (Å²) in [6, 6.07) is 20.3. The minimum atomic E-state index is -0.584. The molecule has 0 aliphatic heterocycles. The summed E-state index contributed by atoms with van der Waals surface area (Å²) >= 11 is 7.13. The van der Waals surface area contributed by atoms with Crippen LogP contribution in [0.25, 0.3) is 16.6 Å². The second kappa shape index (κ2) is 9.14. The number of hydrogen-bond donors (Lipinski definition) is 0. The van der Waals surface area contributed by atoms with Crippen molar-refractivity contribution in [2.75, 3.05) is 11.9 Å². The Labute approximate surface area is 193 Å². The SMILES string of the molecule is C[C@H](Sc1nc2ccccc2c(=O)n1-c1ccc(F)c(Cl)c1)C(=O)N(C)c1ccccc1. The molecule has 3 aromatic carbocycles. The highest BCUT2D eigenvalue weighted by atomic mass is 35.5. The highest BCUT2D eigenvalue weighted by Crippen LogP contribution is 2.28. The highest BCUT2D eigenvalue weighted by molar-refractivity contribution is 8.00. The summed E-state index contributed by atoms with van der Waals surface area (Å²) < 4.78 is 15.1. The van der Waals surface area contributed by atoms with Crippen molar-refractivity contribution < 1.29 is 9.18 Å². The minimum Gasteiger partial charge on any atom is -0.315 e. The summed E-state index contributed by atoms with van der Waals surface area (Å²) in [4.78, 5) is 32.6. The molecule has 0 spiro atoms. The molecule has 1 amide bonds. The number of carbonyl (C=O) groups is 1. The molecule has 0 fully saturated rings. The van der Waals surface area contributed by atoms with Gasteiger partial charge in [0.15, 0.2) is 5.16 Å². The molecule has 0 saturated carbocycles. The van der Waals surface area contributed by atoms with Crippen LogP contribution in [-0.2, 0) is 4.79 Å². The molecular formula is C24H19ClFN3O2S. The Bertz CT molecular complexity index is 1360. The third kappa shape index (κ3) is 4.26. The fourth-order valence-electron chi connectivity index (χ4n) is 3.30. The molecule has 32 heavy (non-hydrogen) atoms. The van der Waals surface area contributed by atoms with Gasteiger partial charge in [0.2, 0.25) is 5.91 Å². The van der Waals surface area contributed by atoms with Crippen LogP contribution in [0.5, 0.6) is 0 Å². The number of halogens is 2. The smallest absolute Gasteiger partial charge is 0.266 e. The Morgan fingerprint density at radius 1 is 1.09 bits per heavy atom. The Kier molecular flexibility index (Phi) is 6.30. The van der Waals surface area contributed by atoms with E-state index in [-0.39, 0.29) is 16.5 Å². The van der Waals surface area contributed by atoms with E-state index in [2.05, 4.69) is 4.98 Å². The first-order valence-corrected chi connectivity index (χ1v) is 11.1. The standard InChI is InChI=1S/C24H19ClFN3O2S/c1-15(22(30)28(2)16-8-4-3-5-9-16)32-24-27-21-11-7-6-10-18(21)23(31)29(24)17-12-13-20(26)19(25)14-17/h3-15H,1-2H3/t15-/m0/s1. The summed E-state index contributed by atoms with van der Waals surface area (Å²) in [5.41, 5.74) is 1.33. The second-order valence-corrected chi connectivity index (χ2v) is 8.86. The van der Waals surface area contributed by atoms with Gasteiger partial charge in [-0.25, -0.2) is 9.37 Å². The van der Waals surface area contributed by atoms with Crippen molar-refractivity contribution >= 4 is 45.9 Å². The van der Waals surface area contributed by atoms with Crippen molar-refractivity contribution in [1.82, 2.24) is 9.55 Å². The number of carbonyl (C=O) groups excluding carboxylic acids is 1. The van der Waals surface area contributed by atoms with Crippen LogP contribution in [0, 0.1) is 5.82 Å². The number of nitrogens with zero attached hydrogens (tertiary/aromatic N) is 3. The van der Waals surface area contributed by atoms with Crippen molar-refractivity contribution in [2.24, 2.45) is 0 Å². The zero-order chi connectivity index (χ0) is 22.8. The van der Waals surface area contributed by atoms with E-state index >= 15 is 0 Å². The highest BCUT2D eigenvalue weighted by Gasteiger charge is 2.23. The van der Waals surface area contributed by atoms with Crippen LogP contribution in [0.3, 0.4) is 0 Å². The van der Waals surface area contributed by atoms with Gasteiger partial charge in [-0.15, -0.1) is 0 Å². The van der Waals surface area contributed by atoms with Gasteiger partial charge in [-0.2, -0.15) is 0 Å². The lowest BCUT2D eigenvalue weighted by atomic mass is 10.2. The number of anilines is 1. The van der Waals surface area contributed by atoms with Crippen molar-refractivity contribution in [3.05, 3.63) is 94.0 Å². The average Bonchev–Trinajstić information content (AvgIpc) is 2.81. The molecule has 0 unspecified atom stereocenters. The van der Waals surface area contributed by atoms with Gasteiger partial charge in [-0.1, -0.05) is 53.7 Å². The molecule has 0 N–H and O–H groups in total. The van der Waals surface area contributed by atoms with Crippen molar-refractivity contribution in [1.29, 1.82) is 0 Å². The molecule has 4 aromatic rings. The zero-order valence-electron chi connectivity index (χ0n) is 17.3. The van der Waals surface area contributed by atoms with Crippen molar-refractivity contribution in [3.63, 3.8) is 0 Å². The molecule has 0 saturated heterocycles. The number of amides is 1. The van der Waals surface area contributed by atoms with Gasteiger partial charge in [0.05, 0.1) is 26.9 Å². The lowest BCUT2D eigenvalue weighted by Crippen LogP contribution is -2.33. The maximum atomic E-state index is 13.7. The number of fused-ring (bicyclic) bond motifs is 1. The number of thioether (sulfide) groups is 1.